The first-order valence-electron chi connectivity index (χ1n) is 7.46. The zero-order valence-electron chi connectivity index (χ0n) is 12.8. The van der Waals surface area contributed by atoms with Crippen LogP contribution in [0.3, 0.4) is 0 Å². The van der Waals surface area contributed by atoms with Gasteiger partial charge in [0.15, 0.2) is 0 Å². The normalized spacial score (nSPS) is 12.8. The molecule has 0 fully saturated rings. The summed E-state index contributed by atoms with van der Waals surface area (Å²) in [7, 11) is 0. The van der Waals surface area contributed by atoms with Crippen LogP contribution < -0.4 is 5.73 Å². The number of rotatable bonds is 6. The number of primary amides is 1. The molecule has 2 aromatic rings. The molecule has 24 heavy (non-hydrogen) atoms. The fraction of sp³-hybridized carbons (Fsp3) is 0.278. The van der Waals surface area contributed by atoms with Gasteiger partial charge in [0.1, 0.15) is 0 Å². The van der Waals surface area contributed by atoms with Gasteiger partial charge < -0.3 is 5.73 Å². The lowest BCUT2D eigenvalue weighted by atomic mass is 9.91. The molecule has 0 saturated carbocycles. The second kappa shape index (κ2) is 7.83. The second-order valence-electron chi connectivity index (χ2n) is 5.63. The molecule has 0 aliphatic rings. The first-order valence-corrected chi connectivity index (χ1v) is 8.25. The Hall–Kier alpha value is -1.82. The maximum atomic E-state index is 12.9. The molecule has 2 nitrogen and oxygen atoms in total. The second-order valence-corrected chi connectivity index (χ2v) is 6.49. The van der Waals surface area contributed by atoms with Gasteiger partial charge in [-0.2, -0.15) is 13.2 Å². The minimum Gasteiger partial charge on any atom is -0.369 e. The molecule has 1 atom stereocenters. The Morgan fingerprint density at radius 1 is 1.12 bits per heavy atom. The maximum Gasteiger partial charge on any atom is 0.416 e. The van der Waals surface area contributed by atoms with E-state index < -0.39 is 23.6 Å². The molecule has 0 aliphatic heterocycles. The fourth-order valence-electron chi connectivity index (χ4n) is 2.50. The van der Waals surface area contributed by atoms with Crippen molar-refractivity contribution in [3.8, 4) is 0 Å². The molecule has 2 N–H and O–H groups in total. The first kappa shape index (κ1) is 18.5. The van der Waals surface area contributed by atoms with Crippen LogP contribution >= 0.6 is 15.9 Å². The molecule has 6 heteroatoms. The van der Waals surface area contributed by atoms with Crippen molar-refractivity contribution in [2.75, 3.05) is 0 Å². The van der Waals surface area contributed by atoms with Crippen molar-refractivity contribution in [2.45, 2.75) is 25.4 Å². The van der Waals surface area contributed by atoms with Gasteiger partial charge in [-0.3, -0.25) is 4.79 Å². The number of halogens is 4. The van der Waals surface area contributed by atoms with Crippen molar-refractivity contribution in [3.63, 3.8) is 0 Å². The van der Waals surface area contributed by atoms with Gasteiger partial charge in [-0.25, -0.2) is 0 Å². The summed E-state index contributed by atoms with van der Waals surface area (Å²) < 4.78 is 39.1. The molecule has 128 valence electrons. The summed E-state index contributed by atoms with van der Waals surface area (Å²) in [5.74, 6) is -1.03. The summed E-state index contributed by atoms with van der Waals surface area (Å²) in [6.45, 7) is 0. The minimum atomic E-state index is -4.41. The highest BCUT2D eigenvalue weighted by Crippen LogP contribution is 2.33. The highest BCUT2D eigenvalue weighted by atomic mass is 79.9. The maximum absolute atomic E-state index is 12.9. The highest BCUT2D eigenvalue weighted by molar-refractivity contribution is 9.10. The zero-order chi connectivity index (χ0) is 17.7. The SMILES string of the molecule is NC(=O)C(CCc1ccccc1)Cc1cc(C(F)(F)F)ccc1Br. The van der Waals surface area contributed by atoms with Crippen LogP contribution in [0.25, 0.3) is 0 Å². The van der Waals surface area contributed by atoms with Gasteiger partial charge in [0.2, 0.25) is 5.91 Å². The summed E-state index contributed by atoms with van der Waals surface area (Å²) in [5, 5.41) is 0. The lowest BCUT2D eigenvalue weighted by Crippen LogP contribution is -2.26. The average Bonchev–Trinajstić information content (AvgIpc) is 2.52. The molecule has 0 spiro atoms. The summed E-state index contributed by atoms with van der Waals surface area (Å²) in [4.78, 5) is 11.7. The molecule has 2 aromatic carbocycles. The third kappa shape index (κ3) is 5.09. The van der Waals surface area contributed by atoms with Gasteiger partial charge in [-0.05, 0) is 48.6 Å². The third-order valence-corrected chi connectivity index (χ3v) is 4.64. The number of carbonyl (C=O) groups excluding carboxylic acids is 1. The Bertz CT molecular complexity index is 701. The van der Waals surface area contributed by atoms with Crippen LogP contribution in [-0.2, 0) is 23.8 Å². The van der Waals surface area contributed by atoms with E-state index >= 15 is 0 Å². The summed E-state index contributed by atoms with van der Waals surface area (Å²) in [6, 6.07) is 13.0. The molecular formula is C18H17BrF3NO. The Morgan fingerprint density at radius 2 is 1.79 bits per heavy atom. The van der Waals surface area contributed by atoms with Crippen molar-refractivity contribution in [2.24, 2.45) is 11.7 Å². The lowest BCUT2D eigenvalue weighted by Gasteiger charge is -2.16. The standard InChI is InChI=1S/C18H17BrF3NO/c19-16-9-8-15(18(20,21)22)11-14(16)10-13(17(23)24)7-6-12-4-2-1-3-5-12/h1-5,8-9,11,13H,6-7,10H2,(H2,23,24). The predicted molar refractivity (Wildman–Crippen MR) is 90.3 cm³/mol. The summed E-state index contributed by atoms with van der Waals surface area (Å²) in [5.41, 5.74) is 6.21. The Morgan fingerprint density at radius 3 is 2.38 bits per heavy atom. The molecule has 1 amide bonds. The van der Waals surface area contributed by atoms with Gasteiger partial charge >= 0.3 is 6.18 Å². The van der Waals surface area contributed by atoms with E-state index in [0.717, 1.165) is 17.7 Å². The van der Waals surface area contributed by atoms with Crippen molar-refractivity contribution >= 4 is 21.8 Å². The quantitative estimate of drug-likeness (QED) is 0.748. The van der Waals surface area contributed by atoms with Crippen molar-refractivity contribution in [3.05, 3.63) is 69.7 Å². The molecule has 1 unspecified atom stereocenters. The smallest absolute Gasteiger partial charge is 0.369 e. The molecule has 0 saturated heterocycles. The van der Waals surface area contributed by atoms with Crippen LogP contribution in [0, 0.1) is 5.92 Å². The van der Waals surface area contributed by atoms with E-state index in [4.69, 9.17) is 5.73 Å². The molecule has 0 radical (unpaired) electrons. The Labute approximate surface area is 147 Å². The lowest BCUT2D eigenvalue weighted by molar-refractivity contribution is -0.137. The first-order chi connectivity index (χ1) is 11.3. The van der Waals surface area contributed by atoms with E-state index in [0.29, 0.717) is 22.9 Å². The molecule has 0 heterocycles. The van der Waals surface area contributed by atoms with E-state index in [1.807, 2.05) is 30.3 Å². The van der Waals surface area contributed by atoms with Crippen molar-refractivity contribution in [1.82, 2.24) is 0 Å². The molecule has 0 aromatic heterocycles. The number of amides is 1. The van der Waals surface area contributed by atoms with Gasteiger partial charge in [-0.1, -0.05) is 46.3 Å². The van der Waals surface area contributed by atoms with Crippen LogP contribution in [0.5, 0.6) is 0 Å². The average molecular weight is 400 g/mol. The third-order valence-electron chi connectivity index (χ3n) is 3.87. The predicted octanol–water partition coefficient (Wildman–Crippen LogP) is 4.74. The zero-order valence-corrected chi connectivity index (χ0v) is 14.4. The monoisotopic (exact) mass is 399 g/mol. The van der Waals surface area contributed by atoms with E-state index in [2.05, 4.69) is 15.9 Å². The molecule has 0 bridgehead atoms. The van der Waals surface area contributed by atoms with E-state index in [1.165, 1.54) is 6.07 Å². The van der Waals surface area contributed by atoms with Gasteiger partial charge in [0.25, 0.3) is 0 Å². The summed E-state index contributed by atoms with van der Waals surface area (Å²) in [6.07, 6.45) is -3.11. The Kier molecular flexibility index (Phi) is 6.04. The van der Waals surface area contributed by atoms with Crippen LogP contribution in [0.4, 0.5) is 13.2 Å². The number of aryl methyl sites for hydroxylation is 1. The topological polar surface area (TPSA) is 43.1 Å². The fourth-order valence-corrected chi connectivity index (χ4v) is 2.91. The minimum absolute atomic E-state index is 0.173. The van der Waals surface area contributed by atoms with Crippen LogP contribution in [0.15, 0.2) is 53.0 Å². The van der Waals surface area contributed by atoms with E-state index in [9.17, 15) is 18.0 Å². The van der Waals surface area contributed by atoms with Gasteiger partial charge in [0, 0.05) is 10.4 Å². The number of hydrogen-bond acceptors (Lipinski definition) is 1. The number of alkyl halides is 3. The van der Waals surface area contributed by atoms with Crippen LogP contribution in [0.2, 0.25) is 0 Å². The van der Waals surface area contributed by atoms with Crippen LogP contribution in [-0.4, -0.2) is 5.91 Å². The number of carbonyl (C=O) groups is 1. The molecule has 0 aliphatic carbocycles. The molecule has 2 rings (SSSR count). The van der Waals surface area contributed by atoms with E-state index in [1.54, 1.807) is 0 Å². The number of benzene rings is 2. The summed E-state index contributed by atoms with van der Waals surface area (Å²) >= 11 is 3.25. The molecular weight excluding hydrogens is 383 g/mol. The van der Waals surface area contributed by atoms with E-state index in [-0.39, 0.29) is 6.42 Å². The largest absolute Gasteiger partial charge is 0.416 e. The van der Waals surface area contributed by atoms with Crippen molar-refractivity contribution in [1.29, 1.82) is 0 Å². The highest BCUT2D eigenvalue weighted by Gasteiger charge is 2.31. The number of hydrogen-bond donors (Lipinski definition) is 1. The van der Waals surface area contributed by atoms with Gasteiger partial charge in [0.05, 0.1) is 5.56 Å². The van der Waals surface area contributed by atoms with Gasteiger partial charge in [-0.15, -0.1) is 0 Å². The Balaban J connectivity index is 2.14. The van der Waals surface area contributed by atoms with Crippen LogP contribution in [0.1, 0.15) is 23.1 Å². The number of nitrogens with two attached hydrogens (primary N) is 1. The van der Waals surface area contributed by atoms with Crippen molar-refractivity contribution < 1.29 is 18.0 Å².